The van der Waals surface area contributed by atoms with Gasteiger partial charge in [0.15, 0.2) is 11.6 Å². The fourth-order valence-corrected chi connectivity index (χ4v) is 3.20. The number of aromatic nitrogens is 4. The van der Waals surface area contributed by atoms with E-state index in [-0.39, 0.29) is 0 Å². The lowest BCUT2D eigenvalue weighted by Crippen LogP contribution is -2.34. The summed E-state index contributed by atoms with van der Waals surface area (Å²) in [5.41, 5.74) is 0. The molecule has 4 rings (SSSR count). The van der Waals surface area contributed by atoms with Gasteiger partial charge in [0, 0.05) is 31.5 Å². The van der Waals surface area contributed by atoms with Gasteiger partial charge in [-0.25, -0.2) is 0 Å². The second kappa shape index (κ2) is 6.60. The van der Waals surface area contributed by atoms with Crippen molar-refractivity contribution in [3.8, 4) is 0 Å². The average Bonchev–Trinajstić information content (AvgIpc) is 3.00. The molecule has 8 nitrogen and oxygen atoms in total. The van der Waals surface area contributed by atoms with E-state index in [1.54, 1.807) is 0 Å². The zero-order chi connectivity index (χ0) is 16.5. The van der Waals surface area contributed by atoms with Gasteiger partial charge in [-0.3, -0.25) is 9.80 Å². The molecule has 0 spiro atoms. The molecule has 0 amide bonds. The van der Waals surface area contributed by atoms with E-state index >= 15 is 0 Å². The third-order valence-electron chi connectivity index (χ3n) is 4.86. The van der Waals surface area contributed by atoms with Gasteiger partial charge in [0.05, 0.1) is 13.1 Å². The lowest BCUT2D eigenvalue weighted by Gasteiger charge is -2.22. The molecule has 1 saturated carbocycles. The fraction of sp³-hybridized carbons (Fsp3) is 0.750. The molecule has 2 aliphatic rings. The molecule has 2 aromatic heterocycles. The summed E-state index contributed by atoms with van der Waals surface area (Å²) in [6.07, 6.45) is 4.30. The Bertz CT molecular complexity index is 680. The van der Waals surface area contributed by atoms with Crippen LogP contribution in [0, 0.1) is 0 Å². The SMILES string of the molecule is CCc1nc(CN(C)[C@@H]2CCN(Cc3nc(C4CC4)no3)C2)no1. The number of nitrogens with zero attached hydrogens (tertiary/aromatic N) is 6. The number of hydrogen-bond acceptors (Lipinski definition) is 8. The Morgan fingerprint density at radius 2 is 1.96 bits per heavy atom. The minimum absolute atomic E-state index is 0.486. The van der Waals surface area contributed by atoms with Crippen molar-refractivity contribution < 1.29 is 9.05 Å². The zero-order valence-electron chi connectivity index (χ0n) is 14.3. The lowest BCUT2D eigenvalue weighted by atomic mass is 10.2. The van der Waals surface area contributed by atoms with Crippen molar-refractivity contribution in [2.45, 2.75) is 57.7 Å². The van der Waals surface area contributed by atoms with Gasteiger partial charge in [0.25, 0.3) is 0 Å². The topological polar surface area (TPSA) is 84.3 Å². The molecule has 1 saturated heterocycles. The predicted octanol–water partition coefficient (Wildman–Crippen LogP) is 1.60. The minimum Gasteiger partial charge on any atom is -0.339 e. The molecule has 0 unspecified atom stereocenters. The van der Waals surface area contributed by atoms with Gasteiger partial charge in [-0.1, -0.05) is 17.2 Å². The van der Waals surface area contributed by atoms with Crippen LogP contribution in [0.4, 0.5) is 0 Å². The number of aryl methyl sites for hydroxylation is 1. The highest BCUT2D eigenvalue weighted by Crippen LogP contribution is 2.38. The summed E-state index contributed by atoms with van der Waals surface area (Å²) in [7, 11) is 2.12. The maximum absolute atomic E-state index is 5.39. The number of rotatable bonds is 7. The van der Waals surface area contributed by atoms with Crippen LogP contribution in [0.5, 0.6) is 0 Å². The van der Waals surface area contributed by atoms with Crippen molar-refractivity contribution in [3.63, 3.8) is 0 Å². The molecular formula is C16H24N6O2. The summed E-state index contributed by atoms with van der Waals surface area (Å²) in [5.74, 6) is 3.64. The standard InChI is InChI=1S/C16H24N6O2/c1-3-14-17-13(19-23-14)9-21(2)12-6-7-22(8-12)10-15-18-16(20-24-15)11-4-5-11/h11-12H,3-10H2,1-2H3/t12-/m1/s1. The van der Waals surface area contributed by atoms with Crippen molar-refractivity contribution in [1.29, 1.82) is 0 Å². The summed E-state index contributed by atoms with van der Waals surface area (Å²) < 4.78 is 10.6. The summed E-state index contributed by atoms with van der Waals surface area (Å²) in [4.78, 5) is 13.6. The van der Waals surface area contributed by atoms with E-state index in [1.165, 1.54) is 12.8 Å². The Morgan fingerprint density at radius 1 is 1.12 bits per heavy atom. The smallest absolute Gasteiger partial charge is 0.240 e. The molecule has 0 aromatic carbocycles. The van der Waals surface area contributed by atoms with Crippen LogP contribution in [0.25, 0.3) is 0 Å². The fourth-order valence-electron chi connectivity index (χ4n) is 3.20. The Labute approximate surface area is 141 Å². The molecule has 0 bridgehead atoms. The first-order valence-corrected chi connectivity index (χ1v) is 8.77. The first-order chi connectivity index (χ1) is 11.7. The van der Waals surface area contributed by atoms with Gasteiger partial charge in [-0.05, 0) is 26.3 Å². The van der Waals surface area contributed by atoms with E-state index in [4.69, 9.17) is 9.05 Å². The Morgan fingerprint density at radius 3 is 2.71 bits per heavy atom. The molecule has 1 aliphatic carbocycles. The monoisotopic (exact) mass is 332 g/mol. The van der Waals surface area contributed by atoms with Crippen LogP contribution in [0.1, 0.15) is 55.5 Å². The quantitative estimate of drug-likeness (QED) is 0.756. The molecule has 2 fully saturated rings. The van der Waals surface area contributed by atoms with E-state index in [1.807, 2.05) is 6.92 Å². The van der Waals surface area contributed by atoms with Crippen LogP contribution in [0.3, 0.4) is 0 Å². The first kappa shape index (κ1) is 15.7. The molecule has 24 heavy (non-hydrogen) atoms. The van der Waals surface area contributed by atoms with E-state index in [0.29, 0.717) is 24.4 Å². The van der Waals surface area contributed by atoms with Crippen LogP contribution in [0.15, 0.2) is 9.05 Å². The summed E-state index contributed by atoms with van der Waals surface area (Å²) in [5, 5.41) is 8.13. The number of likely N-dealkylation sites (tertiary alicyclic amines) is 1. The van der Waals surface area contributed by atoms with Crippen LogP contribution < -0.4 is 0 Å². The number of likely N-dealkylation sites (N-methyl/N-ethyl adjacent to an activating group) is 1. The van der Waals surface area contributed by atoms with Crippen LogP contribution in [-0.2, 0) is 19.5 Å². The molecule has 0 radical (unpaired) electrons. The largest absolute Gasteiger partial charge is 0.339 e. The predicted molar refractivity (Wildman–Crippen MR) is 85.1 cm³/mol. The molecule has 8 heteroatoms. The molecule has 2 aromatic rings. The molecule has 130 valence electrons. The molecule has 1 aliphatic heterocycles. The van der Waals surface area contributed by atoms with Crippen molar-refractivity contribution in [1.82, 2.24) is 30.1 Å². The maximum atomic E-state index is 5.39. The number of hydrogen-bond donors (Lipinski definition) is 0. The Kier molecular flexibility index (Phi) is 4.32. The Hall–Kier alpha value is -1.80. The van der Waals surface area contributed by atoms with Crippen LogP contribution in [-0.4, -0.2) is 56.3 Å². The highest BCUT2D eigenvalue weighted by Gasteiger charge is 2.30. The highest BCUT2D eigenvalue weighted by molar-refractivity contribution is 5.03. The van der Waals surface area contributed by atoms with Gasteiger partial charge in [0.2, 0.25) is 11.8 Å². The van der Waals surface area contributed by atoms with Crippen LogP contribution >= 0.6 is 0 Å². The van der Waals surface area contributed by atoms with E-state index < -0.39 is 0 Å². The molecule has 0 N–H and O–H groups in total. The van der Waals surface area contributed by atoms with E-state index in [2.05, 4.69) is 37.1 Å². The molecule has 1 atom stereocenters. The Balaban J connectivity index is 1.28. The van der Waals surface area contributed by atoms with Crippen molar-refractivity contribution in [3.05, 3.63) is 23.4 Å². The second-order valence-electron chi connectivity index (χ2n) is 6.87. The third kappa shape index (κ3) is 3.49. The van der Waals surface area contributed by atoms with Gasteiger partial charge >= 0.3 is 0 Å². The van der Waals surface area contributed by atoms with Gasteiger partial charge in [0.1, 0.15) is 0 Å². The van der Waals surface area contributed by atoms with Gasteiger partial charge < -0.3 is 9.05 Å². The van der Waals surface area contributed by atoms with Gasteiger partial charge in [-0.2, -0.15) is 9.97 Å². The molecule has 3 heterocycles. The van der Waals surface area contributed by atoms with Crippen molar-refractivity contribution >= 4 is 0 Å². The lowest BCUT2D eigenvalue weighted by molar-refractivity contribution is 0.206. The molecular weight excluding hydrogens is 308 g/mol. The summed E-state index contributed by atoms with van der Waals surface area (Å²) in [6.45, 7) is 5.52. The summed E-state index contributed by atoms with van der Waals surface area (Å²) in [6, 6.07) is 0.486. The highest BCUT2D eigenvalue weighted by atomic mass is 16.5. The van der Waals surface area contributed by atoms with Crippen molar-refractivity contribution in [2.75, 3.05) is 20.1 Å². The third-order valence-corrected chi connectivity index (χ3v) is 4.86. The van der Waals surface area contributed by atoms with Gasteiger partial charge in [-0.15, -0.1) is 0 Å². The minimum atomic E-state index is 0.486. The maximum Gasteiger partial charge on any atom is 0.240 e. The zero-order valence-corrected chi connectivity index (χ0v) is 14.3. The normalized spacial score (nSPS) is 21.9. The van der Waals surface area contributed by atoms with Crippen molar-refractivity contribution in [2.24, 2.45) is 0 Å². The second-order valence-corrected chi connectivity index (χ2v) is 6.87. The van der Waals surface area contributed by atoms with E-state index in [9.17, 15) is 0 Å². The van der Waals surface area contributed by atoms with Crippen LogP contribution in [0.2, 0.25) is 0 Å². The van der Waals surface area contributed by atoms with E-state index in [0.717, 1.165) is 50.0 Å². The summed E-state index contributed by atoms with van der Waals surface area (Å²) >= 11 is 0. The first-order valence-electron chi connectivity index (χ1n) is 8.77. The average molecular weight is 332 g/mol.